The van der Waals surface area contributed by atoms with E-state index in [1.807, 2.05) is 0 Å². The van der Waals surface area contributed by atoms with E-state index in [0.717, 1.165) is 0 Å². The summed E-state index contributed by atoms with van der Waals surface area (Å²) in [6, 6.07) is 0. The van der Waals surface area contributed by atoms with Crippen molar-refractivity contribution in [1.29, 1.82) is 0 Å². The largest absolute Gasteiger partial charge is 1.00 e. The van der Waals surface area contributed by atoms with Crippen molar-refractivity contribution in [1.82, 2.24) is 0 Å². The third-order valence-corrected chi connectivity index (χ3v) is 4.68. The first kappa shape index (κ1) is 29.0. The zero-order chi connectivity index (χ0) is 16.5. The van der Waals surface area contributed by atoms with E-state index >= 15 is 0 Å². The van der Waals surface area contributed by atoms with E-state index in [9.17, 15) is 9.13 Å². The SMILES string of the molecule is O=P(O)(O)/C(CCCCCCC/C(=N\O)P(=O)(O)O)=N\O.[H-].[H-].[Na+].[Na+]. The summed E-state index contributed by atoms with van der Waals surface area (Å²) in [7, 11) is -9.01. The molecule has 0 saturated carbocycles. The quantitative estimate of drug-likeness (QED) is 0.0540. The zero-order valence-electron chi connectivity index (χ0n) is 15.2. The molecule has 0 unspecified atom stereocenters. The molecule has 0 amide bonds. The van der Waals surface area contributed by atoms with Crippen molar-refractivity contribution in [3.05, 3.63) is 0 Å². The molecule has 0 atom stereocenters. The number of rotatable bonds is 10. The maximum atomic E-state index is 10.8. The van der Waals surface area contributed by atoms with Gasteiger partial charge in [-0.1, -0.05) is 29.6 Å². The average molecular weight is 394 g/mol. The standard InChI is InChI=1S/C9H20N2O8P2.2Na.2H/c12-10-8(20(14,15)16)6-4-2-1-3-5-7-9(11-13)21(17,18)19;;;;/h12-13H,1-7H2,(H2,14,15,16)(H2,17,18,19);;;;/q;2*+1;2*-1/b10-8-,11-9+;;;;. The predicted octanol–water partition coefficient (Wildman–Crippen LogP) is -4.12. The van der Waals surface area contributed by atoms with E-state index in [-0.39, 0.29) is 74.8 Å². The van der Waals surface area contributed by atoms with Crippen LogP contribution in [0.4, 0.5) is 0 Å². The van der Waals surface area contributed by atoms with Gasteiger partial charge in [0.2, 0.25) is 0 Å². The Hall–Kier alpha value is 1.24. The molecule has 128 valence electrons. The maximum Gasteiger partial charge on any atom is 1.00 e. The van der Waals surface area contributed by atoms with Crippen molar-refractivity contribution < 1.29 is 101 Å². The van der Waals surface area contributed by atoms with E-state index in [1.165, 1.54) is 0 Å². The molecule has 10 nitrogen and oxygen atoms in total. The van der Waals surface area contributed by atoms with Gasteiger partial charge in [-0.15, -0.1) is 0 Å². The summed E-state index contributed by atoms with van der Waals surface area (Å²) < 4.78 is 21.6. The minimum atomic E-state index is -4.50. The summed E-state index contributed by atoms with van der Waals surface area (Å²) in [6.07, 6.45) is 2.69. The summed E-state index contributed by atoms with van der Waals surface area (Å²) in [5, 5.41) is 22.1. The van der Waals surface area contributed by atoms with Gasteiger partial charge in [-0.25, -0.2) is 0 Å². The van der Waals surface area contributed by atoms with Crippen molar-refractivity contribution in [3.8, 4) is 0 Å². The van der Waals surface area contributed by atoms with Crippen LogP contribution in [0.1, 0.15) is 47.8 Å². The summed E-state index contributed by atoms with van der Waals surface area (Å²) in [4.78, 5) is 35.2. The van der Waals surface area contributed by atoms with Gasteiger partial charge in [-0.2, -0.15) is 0 Å². The number of nitrogens with zero attached hydrogens (tertiary/aromatic N) is 2. The van der Waals surface area contributed by atoms with E-state index in [0.29, 0.717) is 32.1 Å². The monoisotopic (exact) mass is 394 g/mol. The fourth-order valence-electron chi connectivity index (χ4n) is 1.60. The van der Waals surface area contributed by atoms with Crippen LogP contribution < -0.4 is 59.1 Å². The van der Waals surface area contributed by atoms with Crippen molar-refractivity contribution in [2.45, 2.75) is 44.9 Å². The molecule has 0 aliphatic rings. The molecule has 0 spiro atoms. The van der Waals surface area contributed by atoms with Gasteiger partial charge in [0.1, 0.15) is 0 Å². The minimum Gasteiger partial charge on any atom is -1.00 e. The van der Waals surface area contributed by atoms with Crippen LogP contribution in [0.5, 0.6) is 0 Å². The molecule has 23 heavy (non-hydrogen) atoms. The molecule has 0 fully saturated rings. The summed E-state index contributed by atoms with van der Waals surface area (Å²) >= 11 is 0. The third kappa shape index (κ3) is 14.1. The van der Waals surface area contributed by atoms with Crippen molar-refractivity contribution >= 4 is 26.1 Å². The van der Waals surface area contributed by atoms with Crippen molar-refractivity contribution in [2.75, 3.05) is 0 Å². The molecular formula is C9H22N2Na2O8P2. The second-order valence-electron chi connectivity index (χ2n) is 4.39. The Labute approximate surface area is 181 Å². The van der Waals surface area contributed by atoms with Crippen LogP contribution in [0.2, 0.25) is 0 Å². The fourth-order valence-corrected chi connectivity index (χ4v) is 2.74. The summed E-state index contributed by atoms with van der Waals surface area (Å²) in [5.41, 5.74) is -1.11. The zero-order valence-corrected chi connectivity index (χ0v) is 19.0. The minimum absolute atomic E-state index is 0. The smallest absolute Gasteiger partial charge is 1.00 e. The van der Waals surface area contributed by atoms with Gasteiger partial charge in [0.05, 0.1) is 0 Å². The molecule has 0 radical (unpaired) electrons. The second-order valence-corrected chi connectivity index (χ2v) is 7.60. The Bertz CT molecular complexity index is 444. The molecule has 0 aromatic carbocycles. The molecule has 0 saturated heterocycles. The first-order chi connectivity index (χ1) is 9.62. The van der Waals surface area contributed by atoms with E-state index in [4.69, 9.17) is 30.0 Å². The number of hydrogen-bond acceptors (Lipinski definition) is 6. The van der Waals surface area contributed by atoms with Gasteiger partial charge in [-0.05, 0) is 12.8 Å². The molecule has 0 aliphatic carbocycles. The molecule has 0 aliphatic heterocycles. The van der Waals surface area contributed by atoms with Crippen LogP contribution in [0.25, 0.3) is 0 Å². The Balaban J connectivity index is -0.000000333. The summed E-state index contributed by atoms with van der Waals surface area (Å²) in [5.74, 6) is 0. The van der Waals surface area contributed by atoms with E-state index < -0.39 is 26.1 Å². The first-order valence-electron chi connectivity index (χ1n) is 6.17. The Morgan fingerprint density at radius 3 is 1.17 bits per heavy atom. The van der Waals surface area contributed by atoms with Crippen LogP contribution in [0.3, 0.4) is 0 Å². The van der Waals surface area contributed by atoms with E-state index in [1.54, 1.807) is 0 Å². The molecular weight excluding hydrogens is 372 g/mol. The van der Waals surface area contributed by atoms with Crippen LogP contribution in [-0.2, 0) is 9.13 Å². The summed E-state index contributed by atoms with van der Waals surface area (Å²) in [6.45, 7) is 0. The molecule has 0 bridgehead atoms. The second kappa shape index (κ2) is 14.4. The van der Waals surface area contributed by atoms with E-state index in [2.05, 4.69) is 10.3 Å². The van der Waals surface area contributed by atoms with Crippen molar-refractivity contribution in [2.24, 2.45) is 10.3 Å². The van der Waals surface area contributed by atoms with Gasteiger partial charge < -0.3 is 32.8 Å². The van der Waals surface area contributed by atoms with Crippen LogP contribution >= 0.6 is 15.2 Å². The topological polar surface area (TPSA) is 180 Å². The molecule has 0 heterocycles. The third-order valence-electron chi connectivity index (χ3n) is 2.70. The van der Waals surface area contributed by atoms with Gasteiger partial charge in [0.15, 0.2) is 10.9 Å². The number of oxime groups is 2. The molecule has 0 aromatic heterocycles. The van der Waals surface area contributed by atoms with Crippen LogP contribution in [-0.4, -0.2) is 40.9 Å². The molecule has 6 N–H and O–H groups in total. The van der Waals surface area contributed by atoms with Crippen LogP contribution in [0, 0.1) is 0 Å². The fraction of sp³-hybridized carbons (Fsp3) is 0.778. The maximum absolute atomic E-state index is 10.8. The predicted molar refractivity (Wildman–Crippen MR) is 77.1 cm³/mol. The molecule has 0 rings (SSSR count). The van der Waals surface area contributed by atoms with Gasteiger partial charge in [0, 0.05) is 12.8 Å². The van der Waals surface area contributed by atoms with Gasteiger partial charge in [0.25, 0.3) is 0 Å². The Kier molecular flexibility index (Phi) is 18.2. The van der Waals surface area contributed by atoms with Gasteiger partial charge >= 0.3 is 74.3 Å². The number of hydrogen-bond donors (Lipinski definition) is 6. The normalized spacial score (nSPS) is 13.2. The Morgan fingerprint density at radius 1 is 0.696 bits per heavy atom. The van der Waals surface area contributed by atoms with Crippen LogP contribution in [0.15, 0.2) is 10.3 Å². The average Bonchev–Trinajstić information content (AvgIpc) is 2.34. The van der Waals surface area contributed by atoms with Crippen molar-refractivity contribution in [3.63, 3.8) is 0 Å². The number of unbranched alkanes of at least 4 members (excludes halogenated alkanes) is 4. The first-order valence-corrected chi connectivity index (χ1v) is 9.39. The molecule has 14 heteroatoms. The van der Waals surface area contributed by atoms with Gasteiger partial charge in [-0.3, -0.25) is 9.13 Å². The Morgan fingerprint density at radius 2 is 0.957 bits per heavy atom. The molecule has 0 aromatic rings.